The van der Waals surface area contributed by atoms with Gasteiger partial charge in [-0.05, 0) is 44.2 Å². The van der Waals surface area contributed by atoms with Crippen molar-refractivity contribution in [2.24, 2.45) is 0 Å². The predicted octanol–water partition coefficient (Wildman–Crippen LogP) is 4.88. The number of hydrogen-bond acceptors (Lipinski definition) is 5. The van der Waals surface area contributed by atoms with E-state index in [-0.39, 0.29) is 5.91 Å². The monoisotopic (exact) mass is 373 g/mol. The van der Waals surface area contributed by atoms with Crippen molar-refractivity contribution in [1.29, 1.82) is 0 Å². The van der Waals surface area contributed by atoms with E-state index >= 15 is 0 Å². The van der Waals surface area contributed by atoms with Crippen LogP contribution in [0.4, 0.5) is 5.69 Å². The van der Waals surface area contributed by atoms with E-state index in [9.17, 15) is 4.79 Å². The van der Waals surface area contributed by atoms with Gasteiger partial charge >= 0.3 is 0 Å². The first-order valence-electron chi connectivity index (χ1n) is 7.61. The summed E-state index contributed by atoms with van der Waals surface area (Å²) in [5, 5.41) is 8.02. The molecule has 0 radical (unpaired) electrons. The van der Waals surface area contributed by atoms with Crippen LogP contribution in [0.1, 0.15) is 27.4 Å². The Hall–Kier alpha value is -2.31. The van der Waals surface area contributed by atoms with Crippen LogP contribution in [0.3, 0.4) is 0 Å². The van der Waals surface area contributed by atoms with E-state index in [0.717, 1.165) is 17.0 Å². The van der Waals surface area contributed by atoms with Crippen molar-refractivity contribution in [1.82, 2.24) is 10.1 Å². The molecule has 0 unspecified atom stereocenters. The van der Waals surface area contributed by atoms with Gasteiger partial charge in [-0.25, -0.2) is 4.98 Å². The van der Waals surface area contributed by atoms with Crippen LogP contribution in [-0.2, 0) is 5.75 Å². The van der Waals surface area contributed by atoms with Gasteiger partial charge in [0, 0.05) is 28.2 Å². The third kappa shape index (κ3) is 4.21. The Morgan fingerprint density at radius 2 is 2.12 bits per heavy atom. The Balaban J connectivity index is 1.77. The lowest BCUT2D eigenvalue weighted by Crippen LogP contribution is -2.13. The van der Waals surface area contributed by atoms with Gasteiger partial charge in [-0.15, -0.1) is 11.8 Å². The molecule has 3 aromatic rings. The van der Waals surface area contributed by atoms with Gasteiger partial charge in [0.2, 0.25) is 0 Å². The average Bonchev–Trinajstić information content (AvgIpc) is 2.91. The largest absolute Gasteiger partial charge is 0.361 e. The second-order valence-electron chi connectivity index (χ2n) is 5.41. The van der Waals surface area contributed by atoms with Crippen molar-refractivity contribution >= 4 is 35.0 Å². The number of aromatic nitrogens is 2. The van der Waals surface area contributed by atoms with Crippen LogP contribution in [0.5, 0.6) is 0 Å². The first-order chi connectivity index (χ1) is 12.0. The van der Waals surface area contributed by atoms with Gasteiger partial charge in [0.25, 0.3) is 5.91 Å². The summed E-state index contributed by atoms with van der Waals surface area (Å²) in [5.41, 5.74) is 3.03. The molecule has 0 atom stereocenters. The van der Waals surface area contributed by atoms with Crippen molar-refractivity contribution in [3.8, 4) is 0 Å². The second-order valence-corrected chi connectivity index (χ2v) is 6.81. The quantitative estimate of drug-likeness (QED) is 0.645. The minimum absolute atomic E-state index is 0.225. The Morgan fingerprint density at radius 3 is 2.84 bits per heavy atom. The van der Waals surface area contributed by atoms with Gasteiger partial charge in [0.05, 0.1) is 11.3 Å². The van der Waals surface area contributed by atoms with E-state index in [4.69, 9.17) is 16.1 Å². The smallest absolute Gasteiger partial charge is 0.258 e. The molecule has 0 aliphatic heterocycles. The number of pyridine rings is 1. The number of amides is 1. The predicted molar refractivity (Wildman–Crippen MR) is 99.2 cm³/mol. The number of aryl methyl sites for hydroxylation is 2. The van der Waals surface area contributed by atoms with Crippen molar-refractivity contribution in [2.75, 3.05) is 5.32 Å². The summed E-state index contributed by atoms with van der Waals surface area (Å²) in [6, 6.07) is 10.5. The zero-order valence-corrected chi connectivity index (χ0v) is 15.3. The molecule has 0 aliphatic carbocycles. The number of halogens is 1. The van der Waals surface area contributed by atoms with Crippen LogP contribution < -0.4 is 5.32 Å². The molecule has 2 heterocycles. The van der Waals surface area contributed by atoms with E-state index in [1.807, 2.05) is 13.8 Å². The number of rotatable bonds is 5. The van der Waals surface area contributed by atoms with E-state index < -0.39 is 0 Å². The number of carbonyl (C=O) groups is 1. The zero-order chi connectivity index (χ0) is 17.8. The van der Waals surface area contributed by atoms with Gasteiger partial charge in [-0.1, -0.05) is 22.8 Å². The van der Waals surface area contributed by atoms with Gasteiger partial charge in [-0.3, -0.25) is 4.79 Å². The first kappa shape index (κ1) is 17.5. The molecule has 0 bridgehead atoms. The number of hydrogen-bond donors (Lipinski definition) is 1. The standard InChI is InChI=1S/C18H16ClN3O2S/c1-11-16(12(2)24-22-11)10-25-18-15(7-4-8-20-18)17(23)21-14-6-3-5-13(19)9-14/h3-9H,10H2,1-2H3,(H,21,23). The van der Waals surface area contributed by atoms with Gasteiger partial charge in [0.1, 0.15) is 10.8 Å². The van der Waals surface area contributed by atoms with Gasteiger partial charge in [-0.2, -0.15) is 0 Å². The van der Waals surface area contributed by atoms with Gasteiger partial charge in [0.15, 0.2) is 0 Å². The number of nitrogens with one attached hydrogen (secondary N) is 1. The van der Waals surface area contributed by atoms with E-state index in [1.54, 1.807) is 42.6 Å². The lowest BCUT2D eigenvalue weighted by atomic mass is 10.2. The highest BCUT2D eigenvalue weighted by atomic mass is 35.5. The maximum absolute atomic E-state index is 12.6. The highest BCUT2D eigenvalue weighted by molar-refractivity contribution is 7.98. The molecular formula is C18H16ClN3O2S. The molecule has 0 aliphatic rings. The molecule has 128 valence electrons. The number of anilines is 1. The van der Waals surface area contributed by atoms with Gasteiger partial charge < -0.3 is 9.84 Å². The summed E-state index contributed by atoms with van der Waals surface area (Å²) in [4.78, 5) is 16.9. The molecule has 25 heavy (non-hydrogen) atoms. The van der Waals surface area contributed by atoms with E-state index in [2.05, 4.69) is 15.5 Å². The number of nitrogens with zero attached hydrogens (tertiary/aromatic N) is 2. The Kier molecular flexibility index (Phi) is 5.40. The lowest BCUT2D eigenvalue weighted by molar-refractivity contribution is 0.102. The molecule has 7 heteroatoms. The number of carbonyl (C=O) groups excluding carboxylic acids is 1. The minimum Gasteiger partial charge on any atom is -0.361 e. The summed E-state index contributed by atoms with van der Waals surface area (Å²) in [6.07, 6.45) is 1.67. The SMILES string of the molecule is Cc1noc(C)c1CSc1ncccc1C(=O)Nc1cccc(Cl)c1. The maximum atomic E-state index is 12.6. The second kappa shape index (κ2) is 7.72. The Morgan fingerprint density at radius 1 is 1.28 bits per heavy atom. The minimum atomic E-state index is -0.225. The molecule has 0 spiro atoms. The molecule has 0 fully saturated rings. The molecular weight excluding hydrogens is 358 g/mol. The topological polar surface area (TPSA) is 68.0 Å². The third-order valence-electron chi connectivity index (χ3n) is 3.63. The Bertz CT molecular complexity index is 891. The normalized spacial score (nSPS) is 10.7. The molecule has 2 aromatic heterocycles. The molecule has 1 amide bonds. The van der Waals surface area contributed by atoms with Crippen LogP contribution in [0, 0.1) is 13.8 Å². The molecule has 0 saturated heterocycles. The summed E-state index contributed by atoms with van der Waals surface area (Å²) in [6.45, 7) is 3.78. The molecule has 1 N–H and O–H groups in total. The van der Waals surface area contributed by atoms with Crippen molar-refractivity contribution in [3.05, 3.63) is 70.2 Å². The summed E-state index contributed by atoms with van der Waals surface area (Å²) in [5.74, 6) is 1.19. The van der Waals surface area contributed by atoms with Crippen LogP contribution in [0.25, 0.3) is 0 Å². The van der Waals surface area contributed by atoms with E-state index in [1.165, 1.54) is 11.8 Å². The summed E-state index contributed by atoms with van der Waals surface area (Å²) in [7, 11) is 0. The molecule has 1 aromatic carbocycles. The highest BCUT2D eigenvalue weighted by Gasteiger charge is 2.15. The van der Waals surface area contributed by atoms with Crippen LogP contribution in [-0.4, -0.2) is 16.0 Å². The first-order valence-corrected chi connectivity index (χ1v) is 8.97. The fraction of sp³-hybridized carbons (Fsp3) is 0.167. The fourth-order valence-electron chi connectivity index (χ4n) is 2.29. The summed E-state index contributed by atoms with van der Waals surface area (Å²) < 4.78 is 5.18. The van der Waals surface area contributed by atoms with Crippen LogP contribution in [0.2, 0.25) is 5.02 Å². The van der Waals surface area contributed by atoms with Crippen LogP contribution >= 0.6 is 23.4 Å². The van der Waals surface area contributed by atoms with Crippen LogP contribution in [0.15, 0.2) is 52.1 Å². The number of thioether (sulfide) groups is 1. The molecule has 3 rings (SSSR count). The fourth-order valence-corrected chi connectivity index (χ4v) is 3.63. The van der Waals surface area contributed by atoms with Crippen molar-refractivity contribution < 1.29 is 9.32 Å². The average molecular weight is 374 g/mol. The lowest BCUT2D eigenvalue weighted by Gasteiger charge is -2.09. The Labute approximate surface area is 154 Å². The summed E-state index contributed by atoms with van der Waals surface area (Å²) >= 11 is 7.44. The van der Waals surface area contributed by atoms with Crippen molar-refractivity contribution in [2.45, 2.75) is 24.6 Å². The third-order valence-corrected chi connectivity index (χ3v) is 4.90. The molecule has 0 saturated carbocycles. The molecule has 5 nitrogen and oxygen atoms in total. The van der Waals surface area contributed by atoms with Crippen molar-refractivity contribution in [3.63, 3.8) is 0 Å². The maximum Gasteiger partial charge on any atom is 0.258 e. The van der Waals surface area contributed by atoms with E-state index in [0.29, 0.717) is 27.1 Å². The highest BCUT2D eigenvalue weighted by Crippen LogP contribution is 2.27. The number of benzene rings is 1. The zero-order valence-electron chi connectivity index (χ0n) is 13.7.